The van der Waals surface area contributed by atoms with Gasteiger partial charge in [-0.05, 0) is 37.5 Å². The van der Waals surface area contributed by atoms with Gasteiger partial charge in [-0.2, -0.15) is 0 Å². The van der Waals surface area contributed by atoms with Crippen molar-refractivity contribution in [2.45, 2.75) is 26.4 Å². The molecule has 2 rings (SSSR count). The van der Waals surface area contributed by atoms with Gasteiger partial charge in [-0.25, -0.2) is 0 Å². The van der Waals surface area contributed by atoms with E-state index in [1.807, 2.05) is 32.0 Å². The monoisotopic (exact) mass is 219 g/mol. The molecule has 3 nitrogen and oxygen atoms in total. The molecular weight excluding hydrogens is 202 g/mol. The van der Waals surface area contributed by atoms with Crippen LogP contribution in [0.4, 0.5) is 0 Å². The van der Waals surface area contributed by atoms with Crippen LogP contribution in [-0.4, -0.2) is 35.1 Å². The average Bonchev–Trinajstić information content (AvgIpc) is 2.68. The van der Waals surface area contributed by atoms with Crippen LogP contribution in [0.2, 0.25) is 0 Å². The number of rotatable bonds is 1. The number of likely N-dealkylation sites (tertiary alicyclic amines) is 1. The van der Waals surface area contributed by atoms with Crippen molar-refractivity contribution in [3.05, 3.63) is 34.9 Å². The van der Waals surface area contributed by atoms with Gasteiger partial charge in [-0.15, -0.1) is 0 Å². The summed E-state index contributed by atoms with van der Waals surface area (Å²) in [6.07, 6.45) is 0.338. The van der Waals surface area contributed by atoms with E-state index in [1.165, 1.54) is 0 Å². The quantitative estimate of drug-likeness (QED) is 0.777. The van der Waals surface area contributed by atoms with Crippen molar-refractivity contribution >= 4 is 5.91 Å². The molecule has 1 aromatic rings. The minimum Gasteiger partial charge on any atom is -0.391 e. The number of benzene rings is 1. The van der Waals surface area contributed by atoms with Gasteiger partial charge in [0.25, 0.3) is 5.91 Å². The van der Waals surface area contributed by atoms with E-state index in [9.17, 15) is 9.90 Å². The molecule has 16 heavy (non-hydrogen) atoms. The first-order chi connectivity index (χ1) is 7.59. The summed E-state index contributed by atoms with van der Waals surface area (Å²) in [5, 5.41) is 9.43. The Balaban J connectivity index is 2.24. The third-order valence-corrected chi connectivity index (χ3v) is 3.29. The maximum absolute atomic E-state index is 12.2. The number of aliphatic hydroxyl groups is 1. The Bertz CT molecular complexity index is 414. The highest BCUT2D eigenvalue weighted by molar-refractivity contribution is 5.96. The van der Waals surface area contributed by atoms with Gasteiger partial charge in [-0.3, -0.25) is 4.79 Å². The Kier molecular flexibility index (Phi) is 2.97. The molecule has 3 heteroatoms. The molecule has 1 heterocycles. The van der Waals surface area contributed by atoms with Crippen molar-refractivity contribution in [2.24, 2.45) is 0 Å². The van der Waals surface area contributed by atoms with Gasteiger partial charge in [0.15, 0.2) is 0 Å². The van der Waals surface area contributed by atoms with Gasteiger partial charge in [0.1, 0.15) is 0 Å². The molecule has 1 saturated heterocycles. The summed E-state index contributed by atoms with van der Waals surface area (Å²) in [6, 6.07) is 5.77. The fourth-order valence-corrected chi connectivity index (χ4v) is 2.08. The minimum atomic E-state index is -0.353. The SMILES string of the molecule is Cc1cccc(C(=O)N2CC[C@H](O)C2)c1C. The van der Waals surface area contributed by atoms with E-state index in [0.717, 1.165) is 16.7 Å². The zero-order chi connectivity index (χ0) is 11.7. The van der Waals surface area contributed by atoms with Crippen LogP contribution >= 0.6 is 0 Å². The summed E-state index contributed by atoms with van der Waals surface area (Å²) in [5.74, 6) is 0.0396. The molecule has 0 radical (unpaired) electrons. The maximum Gasteiger partial charge on any atom is 0.254 e. The first-order valence-corrected chi connectivity index (χ1v) is 5.63. The van der Waals surface area contributed by atoms with E-state index >= 15 is 0 Å². The number of aryl methyl sites for hydroxylation is 1. The van der Waals surface area contributed by atoms with Crippen LogP contribution in [0, 0.1) is 13.8 Å². The van der Waals surface area contributed by atoms with E-state index in [-0.39, 0.29) is 12.0 Å². The summed E-state index contributed by atoms with van der Waals surface area (Å²) in [6.45, 7) is 5.10. The van der Waals surface area contributed by atoms with Gasteiger partial charge in [-0.1, -0.05) is 12.1 Å². The fourth-order valence-electron chi connectivity index (χ4n) is 2.08. The molecule has 1 atom stereocenters. The maximum atomic E-state index is 12.2. The first kappa shape index (κ1) is 11.1. The number of hydrogen-bond donors (Lipinski definition) is 1. The Morgan fingerprint density at radius 1 is 1.44 bits per heavy atom. The lowest BCUT2D eigenvalue weighted by Crippen LogP contribution is -2.30. The number of aliphatic hydroxyl groups excluding tert-OH is 1. The van der Waals surface area contributed by atoms with Crippen LogP contribution in [0.5, 0.6) is 0 Å². The van der Waals surface area contributed by atoms with Crippen LogP contribution in [0.15, 0.2) is 18.2 Å². The predicted molar refractivity (Wildman–Crippen MR) is 62.4 cm³/mol. The Hall–Kier alpha value is -1.35. The highest BCUT2D eigenvalue weighted by atomic mass is 16.3. The average molecular weight is 219 g/mol. The summed E-state index contributed by atoms with van der Waals surface area (Å²) >= 11 is 0. The van der Waals surface area contributed by atoms with Gasteiger partial charge >= 0.3 is 0 Å². The molecule has 86 valence electrons. The van der Waals surface area contributed by atoms with Crippen molar-refractivity contribution in [3.8, 4) is 0 Å². The molecule has 1 fully saturated rings. The molecule has 1 amide bonds. The number of β-amino-alcohol motifs (C(OH)–C–C–N with tert-alkyl or cyclic N) is 1. The topological polar surface area (TPSA) is 40.5 Å². The molecule has 0 spiro atoms. The molecule has 1 aliphatic rings. The van der Waals surface area contributed by atoms with Crippen molar-refractivity contribution in [1.82, 2.24) is 4.90 Å². The van der Waals surface area contributed by atoms with Gasteiger partial charge < -0.3 is 10.0 Å². The summed E-state index contributed by atoms with van der Waals surface area (Å²) < 4.78 is 0. The number of amides is 1. The first-order valence-electron chi connectivity index (χ1n) is 5.63. The highest BCUT2D eigenvalue weighted by Crippen LogP contribution is 2.18. The van der Waals surface area contributed by atoms with Gasteiger partial charge in [0.2, 0.25) is 0 Å². The second kappa shape index (κ2) is 4.26. The zero-order valence-electron chi connectivity index (χ0n) is 9.73. The smallest absolute Gasteiger partial charge is 0.254 e. The third-order valence-electron chi connectivity index (χ3n) is 3.29. The van der Waals surface area contributed by atoms with E-state index in [0.29, 0.717) is 19.5 Å². The number of nitrogens with zero attached hydrogens (tertiary/aromatic N) is 1. The summed E-state index contributed by atoms with van der Waals surface area (Å²) in [5.41, 5.74) is 2.92. The van der Waals surface area contributed by atoms with Crippen molar-refractivity contribution < 1.29 is 9.90 Å². The Morgan fingerprint density at radius 2 is 2.19 bits per heavy atom. The largest absolute Gasteiger partial charge is 0.391 e. The zero-order valence-corrected chi connectivity index (χ0v) is 9.73. The van der Waals surface area contributed by atoms with Crippen LogP contribution in [-0.2, 0) is 0 Å². The van der Waals surface area contributed by atoms with Crippen LogP contribution < -0.4 is 0 Å². The van der Waals surface area contributed by atoms with Crippen LogP contribution in [0.25, 0.3) is 0 Å². The van der Waals surface area contributed by atoms with Crippen molar-refractivity contribution in [3.63, 3.8) is 0 Å². The van der Waals surface area contributed by atoms with Crippen molar-refractivity contribution in [2.75, 3.05) is 13.1 Å². The summed E-state index contributed by atoms with van der Waals surface area (Å²) in [4.78, 5) is 13.9. The molecule has 0 unspecified atom stereocenters. The molecule has 0 aliphatic carbocycles. The van der Waals surface area contributed by atoms with E-state index in [4.69, 9.17) is 0 Å². The molecule has 1 N–H and O–H groups in total. The highest BCUT2D eigenvalue weighted by Gasteiger charge is 2.26. The van der Waals surface area contributed by atoms with Crippen LogP contribution in [0.1, 0.15) is 27.9 Å². The molecule has 0 bridgehead atoms. The van der Waals surface area contributed by atoms with E-state index < -0.39 is 0 Å². The lowest BCUT2D eigenvalue weighted by molar-refractivity contribution is 0.0764. The second-order valence-corrected chi connectivity index (χ2v) is 4.44. The third kappa shape index (κ3) is 1.95. The normalized spacial score (nSPS) is 20.2. The lowest BCUT2D eigenvalue weighted by atomic mass is 10.0. The number of carbonyl (C=O) groups is 1. The molecule has 1 aromatic carbocycles. The van der Waals surface area contributed by atoms with E-state index in [2.05, 4.69) is 0 Å². The lowest BCUT2D eigenvalue weighted by Gasteiger charge is -2.17. The Morgan fingerprint density at radius 3 is 2.81 bits per heavy atom. The fraction of sp³-hybridized carbons (Fsp3) is 0.462. The molecule has 1 aliphatic heterocycles. The molecular formula is C13H17NO2. The van der Waals surface area contributed by atoms with E-state index in [1.54, 1.807) is 4.90 Å². The Labute approximate surface area is 95.7 Å². The van der Waals surface area contributed by atoms with Crippen LogP contribution in [0.3, 0.4) is 0 Å². The number of hydrogen-bond acceptors (Lipinski definition) is 2. The second-order valence-electron chi connectivity index (χ2n) is 4.44. The predicted octanol–water partition coefficient (Wildman–Crippen LogP) is 1.51. The van der Waals surface area contributed by atoms with Gasteiger partial charge in [0, 0.05) is 18.7 Å². The summed E-state index contributed by atoms with van der Waals surface area (Å²) in [7, 11) is 0. The standard InChI is InChI=1S/C13H17NO2/c1-9-4-3-5-12(10(9)2)13(16)14-7-6-11(15)8-14/h3-5,11,15H,6-8H2,1-2H3/t11-/m0/s1. The molecule has 0 saturated carbocycles. The van der Waals surface area contributed by atoms with Crippen molar-refractivity contribution in [1.29, 1.82) is 0 Å². The number of carbonyl (C=O) groups excluding carboxylic acids is 1. The van der Waals surface area contributed by atoms with Gasteiger partial charge in [0.05, 0.1) is 6.10 Å². The molecule has 0 aromatic heterocycles. The minimum absolute atomic E-state index is 0.0396.